The second-order valence-electron chi connectivity index (χ2n) is 3.71. The van der Waals surface area contributed by atoms with Gasteiger partial charge in [0.2, 0.25) is 0 Å². The van der Waals surface area contributed by atoms with E-state index >= 15 is 0 Å². The second kappa shape index (κ2) is 1.98. The number of hydrogen-bond donors (Lipinski definition) is 0. The Hall–Kier alpha value is -1.11. The van der Waals surface area contributed by atoms with Crippen LogP contribution in [0.1, 0.15) is 24.0 Å². The summed E-state index contributed by atoms with van der Waals surface area (Å²) in [6.07, 6.45) is 4.72. The molecule has 1 nitrogen and oxygen atoms in total. The molecule has 0 bridgehead atoms. The molecule has 1 aliphatic heterocycles. The Balaban J connectivity index is 2.21. The third-order valence-corrected chi connectivity index (χ3v) is 2.87. The number of nitrogens with zero attached hydrogens (tertiary/aromatic N) is 1. The van der Waals surface area contributed by atoms with Crippen LogP contribution in [0.25, 0.3) is 0 Å². The van der Waals surface area contributed by atoms with E-state index in [1.54, 1.807) is 0 Å². The standard InChI is InChI=1S/C11H10N/c1-2-4-10-9(3-1)7-12-8-11(10)5-6-11/h2-4,8H,5-7H2. The molecule has 0 unspecified atom stereocenters. The van der Waals surface area contributed by atoms with Gasteiger partial charge in [0.15, 0.2) is 0 Å². The molecule has 1 aromatic rings. The van der Waals surface area contributed by atoms with E-state index in [9.17, 15) is 0 Å². The molecule has 2 aliphatic rings. The summed E-state index contributed by atoms with van der Waals surface area (Å²) >= 11 is 0. The van der Waals surface area contributed by atoms with Crippen molar-refractivity contribution >= 4 is 6.21 Å². The third-order valence-electron chi connectivity index (χ3n) is 2.87. The normalized spacial score (nSPS) is 22.3. The van der Waals surface area contributed by atoms with E-state index in [1.807, 2.05) is 6.07 Å². The summed E-state index contributed by atoms with van der Waals surface area (Å²) < 4.78 is 0. The van der Waals surface area contributed by atoms with Crippen LogP contribution in [0.2, 0.25) is 0 Å². The predicted molar refractivity (Wildman–Crippen MR) is 48.4 cm³/mol. The fourth-order valence-corrected chi connectivity index (χ4v) is 2.00. The molecule has 1 heteroatoms. The van der Waals surface area contributed by atoms with Crippen molar-refractivity contribution < 1.29 is 0 Å². The summed E-state index contributed by atoms with van der Waals surface area (Å²) in [5.74, 6) is 0. The topological polar surface area (TPSA) is 12.4 Å². The molecule has 1 radical (unpaired) electrons. The average molecular weight is 156 g/mol. The van der Waals surface area contributed by atoms with Crippen molar-refractivity contribution in [3.63, 3.8) is 0 Å². The van der Waals surface area contributed by atoms with E-state index in [1.165, 1.54) is 24.0 Å². The molecule has 1 aromatic carbocycles. The lowest BCUT2D eigenvalue weighted by molar-refractivity contribution is 0.868. The highest BCUT2D eigenvalue weighted by molar-refractivity contribution is 5.80. The third kappa shape index (κ3) is 0.711. The summed E-state index contributed by atoms with van der Waals surface area (Å²) in [5, 5.41) is 0. The second-order valence-corrected chi connectivity index (χ2v) is 3.71. The predicted octanol–water partition coefficient (Wildman–Crippen LogP) is 2.10. The first-order valence-corrected chi connectivity index (χ1v) is 4.41. The van der Waals surface area contributed by atoms with Crippen molar-refractivity contribution in [2.24, 2.45) is 4.99 Å². The average Bonchev–Trinajstić information content (AvgIpc) is 2.87. The maximum atomic E-state index is 4.39. The van der Waals surface area contributed by atoms with Gasteiger partial charge < -0.3 is 0 Å². The first kappa shape index (κ1) is 6.41. The van der Waals surface area contributed by atoms with Gasteiger partial charge in [-0.05, 0) is 36.1 Å². The number of rotatable bonds is 0. The zero-order chi connectivity index (χ0) is 8.02. The summed E-state index contributed by atoms with van der Waals surface area (Å²) in [7, 11) is 0. The highest BCUT2D eigenvalue weighted by atomic mass is 14.8. The van der Waals surface area contributed by atoms with Crippen LogP contribution < -0.4 is 0 Å². The van der Waals surface area contributed by atoms with Gasteiger partial charge in [-0.3, -0.25) is 4.99 Å². The molecular weight excluding hydrogens is 146 g/mol. The van der Waals surface area contributed by atoms with Gasteiger partial charge in [-0.15, -0.1) is 0 Å². The van der Waals surface area contributed by atoms with Crippen molar-refractivity contribution in [1.29, 1.82) is 0 Å². The molecule has 0 N–H and O–H groups in total. The zero-order valence-electron chi connectivity index (χ0n) is 6.88. The molecule has 1 aliphatic carbocycles. The lowest BCUT2D eigenvalue weighted by Crippen LogP contribution is -2.15. The largest absolute Gasteiger partial charge is 0.292 e. The molecule has 0 atom stereocenters. The highest BCUT2D eigenvalue weighted by Gasteiger charge is 2.45. The van der Waals surface area contributed by atoms with Crippen molar-refractivity contribution in [3.05, 3.63) is 35.4 Å². The molecule has 3 rings (SSSR count). The Kier molecular flexibility index (Phi) is 1.06. The van der Waals surface area contributed by atoms with Crippen molar-refractivity contribution in [3.8, 4) is 0 Å². The smallest absolute Gasteiger partial charge is 0.0639 e. The molecule has 1 spiro atoms. The quantitative estimate of drug-likeness (QED) is 0.545. The molecule has 59 valence electrons. The highest BCUT2D eigenvalue weighted by Crippen LogP contribution is 2.49. The summed E-state index contributed by atoms with van der Waals surface area (Å²) in [6, 6.07) is 9.40. The summed E-state index contributed by atoms with van der Waals surface area (Å²) in [4.78, 5) is 4.39. The van der Waals surface area contributed by atoms with Crippen LogP contribution in [0, 0.1) is 6.07 Å². The minimum absolute atomic E-state index is 0.350. The van der Waals surface area contributed by atoms with Crippen LogP contribution in [0.4, 0.5) is 0 Å². The molecule has 12 heavy (non-hydrogen) atoms. The number of fused-ring (bicyclic) bond motifs is 2. The molecule has 1 fully saturated rings. The minimum Gasteiger partial charge on any atom is -0.292 e. The van der Waals surface area contributed by atoms with Gasteiger partial charge in [0.25, 0.3) is 0 Å². The van der Waals surface area contributed by atoms with E-state index < -0.39 is 0 Å². The number of aliphatic imine (C=N–C) groups is 1. The van der Waals surface area contributed by atoms with Gasteiger partial charge in [0, 0.05) is 11.6 Å². The van der Waals surface area contributed by atoms with Crippen molar-refractivity contribution in [2.45, 2.75) is 24.8 Å². The van der Waals surface area contributed by atoms with Crippen LogP contribution in [-0.2, 0) is 12.0 Å². The molecule has 1 heterocycles. The van der Waals surface area contributed by atoms with E-state index in [0.29, 0.717) is 5.41 Å². The van der Waals surface area contributed by atoms with E-state index in [2.05, 4.69) is 29.4 Å². The van der Waals surface area contributed by atoms with Gasteiger partial charge in [-0.1, -0.05) is 12.1 Å². The Labute approximate surface area is 72.1 Å². The zero-order valence-corrected chi connectivity index (χ0v) is 6.88. The van der Waals surface area contributed by atoms with Gasteiger partial charge in [-0.25, -0.2) is 0 Å². The molecule has 0 aromatic heterocycles. The first-order chi connectivity index (χ1) is 5.91. The Morgan fingerprint density at radius 2 is 2.33 bits per heavy atom. The Morgan fingerprint density at radius 3 is 3.17 bits per heavy atom. The van der Waals surface area contributed by atoms with Crippen LogP contribution in [0.15, 0.2) is 23.2 Å². The van der Waals surface area contributed by atoms with Crippen LogP contribution >= 0.6 is 0 Å². The summed E-state index contributed by atoms with van der Waals surface area (Å²) in [5.41, 5.74) is 3.22. The monoisotopic (exact) mass is 156 g/mol. The van der Waals surface area contributed by atoms with E-state index in [4.69, 9.17) is 0 Å². The number of benzene rings is 1. The van der Waals surface area contributed by atoms with Crippen LogP contribution in [0.3, 0.4) is 0 Å². The van der Waals surface area contributed by atoms with Crippen LogP contribution in [-0.4, -0.2) is 6.21 Å². The molecular formula is C11H10N. The maximum absolute atomic E-state index is 4.39. The Bertz CT molecular complexity index is 348. The van der Waals surface area contributed by atoms with Gasteiger partial charge in [-0.2, -0.15) is 0 Å². The van der Waals surface area contributed by atoms with E-state index in [0.717, 1.165) is 6.54 Å². The Morgan fingerprint density at radius 1 is 1.42 bits per heavy atom. The molecule has 0 saturated heterocycles. The molecule has 0 amide bonds. The first-order valence-electron chi connectivity index (χ1n) is 4.41. The number of hydrogen-bond acceptors (Lipinski definition) is 1. The lowest BCUT2D eigenvalue weighted by atomic mass is 9.90. The molecule has 1 saturated carbocycles. The van der Waals surface area contributed by atoms with E-state index in [-0.39, 0.29) is 0 Å². The fourth-order valence-electron chi connectivity index (χ4n) is 2.00. The summed E-state index contributed by atoms with van der Waals surface area (Å²) in [6.45, 7) is 0.856. The van der Waals surface area contributed by atoms with Crippen molar-refractivity contribution in [1.82, 2.24) is 0 Å². The maximum Gasteiger partial charge on any atom is 0.0639 e. The lowest BCUT2D eigenvalue weighted by Gasteiger charge is -2.18. The van der Waals surface area contributed by atoms with Gasteiger partial charge in [0.05, 0.1) is 6.54 Å². The van der Waals surface area contributed by atoms with Gasteiger partial charge in [0.1, 0.15) is 0 Å². The fraction of sp³-hybridized carbons (Fsp3) is 0.364. The minimum atomic E-state index is 0.350. The SMILES string of the molecule is [c]1ccc2c(c1)CN=CC21CC1. The van der Waals surface area contributed by atoms with Crippen LogP contribution in [0.5, 0.6) is 0 Å². The van der Waals surface area contributed by atoms with Gasteiger partial charge >= 0.3 is 0 Å². The van der Waals surface area contributed by atoms with Crippen molar-refractivity contribution in [2.75, 3.05) is 0 Å².